The van der Waals surface area contributed by atoms with Crippen LogP contribution in [0.4, 0.5) is 11.4 Å². The fourth-order valence-electron chi connectivity index (χ4n) is 3.49. The van der Waals surface area contributed by atoms with Gasteiger partial charge in [0.25, 0.3) is 0 Å². The first-order chi connectivity index (χ1) is 8.75. The molecule has 0 aromatic heterocycles. The highest BCUT2D eigenvalue weighted by Crippen LogP contribution is 2.32. The van der Waals surface area contributed by atoms with Crippen molar-refractivity contribution in [3.63, 3.8) is 0 Å². The molecule has 2 atom stereocenters. The van der Waals surface area contributed by atoms with Crippen molar-refractivity contribution >= 4 is 11.4 Å². The number of nitrogens with one attached hydrogen (secondary N) is 1. The monoisotopic (exact) mass is 245 g/mol. The normalized spacial score (nSPS) is 28.1. The molecule has 3 nitrogen and oxygen atoms in total. The molecular formula is C15H23N3. The SMILES string of the molecule is Cc1cccc(N)c1NC1CCN2CCCCC12. The van der Waals surface area contributed by atoms with Crippen molar-refractivity contribution in [2.45, 2.75) is 44.7 Å². The smallest absolute Gasteiger partial charge is 0.0606 e. The van der Waals surface area contributed by atoms with Crippen LogP contribution in [-0.2, 0) is 0 Å². The summed E-state index contributed by atoms with van der Waals surface area (Å²) < 4.78 is 0. The standard InChI is InChI=1S/C15H23N3/c1-11-5-4-6-12(16)15(11)17-13-8-10-18-9-3-2-7-14(13)18/h4-6,13-14,17H,2-3,7-10,16H2,1H3. The van der Waals surface area contributed by atoms with Crippen molar-refractivity contribution in [1.29, 1.82) is 0 Å². The van der Waals surface area contributed by atoms with E-state index < -0.39 is 0 Å². The van der Waals surface area contributed by atoms with Crippen molar-refractivity contribution in [3.8, 4) is 0 Å². The Bertz CT molecular complexity index is 409. The molecule has 0 aliphatic carbocycles. The Morgan fingerprint density at radius 1 is 1.22 bits per heavy atom. The van der Waals surface area contributed by atoms with Gasteiger partial charge in [-0.15, -0.1) is 0 Å². The number of rotatable bonds is 2. The van der Waals surface area contributed by atoms with E-state index in [4.69, 9.17) is 5.73 Å². The summed E-state index contributed by atoms with van der Waals surface area (Å²) in [5.74, 6) is 0. The zero-order valence-electron chi connectivity index (χ0n) is 11.2. The van der Waals surface area contributed by atoms with Gasteiger partial charge in [0.15, 0.2) is 0 Å². The van der Waals surface area contributed by atoms with Gasteiger partial charge in [-0.1, -0.05) is 18.6 Å². The van der Waals surface area contributed by atoms with Gasteiger partial charge in [0, 0.05) is 18.6 Å². The van der Waals surface area contributed by atoms with E-state index in [0.717, 1.165) is 17.4 Å². The maximum absolute atomic E-state index is 6.09. The first kappa shape index (κ1) is 11.8. The molecule has 3 rings (SSSR count). The van der Waals surface area contributed by atoms with E-state index in [1.807, 2.05) is 12.1 Å². The molecule has 2 fully saturated rings. The molecule has 2 heterocycles. The lowest BCUT2D eigenvalue weighted by Gasteiger charge is -2.33. The Kier molecular flexibility index (Phi) is 3.16. The highest BCUT2D eigenvalue weighted by molar-refractivity contribution is 5.70. The van der Waals surface area contributed by atoms with Crippen LogP contribution < -0.4 is 11.1 Å². The minimum Gasteiger partial charge on any atom is -0.397 e. The Morgan fingerprint density at radius 3 is 2.94 bits per heavy atom. The predicted molar refractivity (Wildman–Crippen MR) is 76.8 cm³/mol. The summed E-state index contributed by atoms with van der Waals surface area (Å²) in [6.45, 7) is 4.66. The fraction of sp³-hybridized carbons (Fsp3) is 0.600. The second kappa shape index (κ2) is 4.81. The second-order valence-electron chi connectivity index (χ2n) is 5.68. The van der Waals surface area contributed by atoms with Crippen LogP contribution in [0.15, 0.2) is 18.2 Å². The van der Waals surface area contributed by atoms with Gasteiger partial charge in [-0.25, -0.2) is 0 Å². The number of nitrogens with zero attached hydrogens (tertiary/aromatic N) is 1. The van der Waals surface area contributed by atoms with Crippen LogP contribution in [0.3, 0.4) is 0 Å². The molecule has 0 saturated carbocycles. The van der Waals surface area contributed by atoms with Crippen LogP contribution in [0.5, 0.6) is 0 Å². The Morgan fingerprint density at radius 2 is 2.11 bits per heavy atom. The highest BCUT2D eigenvalue weighted by atomic mass is 15.2. The fourth-order valence-corrected chi connectivity index (χ4v) is 3.49. The number of nitrogen functional groups attached to an aromatic ring is 1. The lowest BCUT2D eigenvalue weighted by Crippen LogP contribution is -2.41. The number of fused-ring (bicyclic) bond motifs is 1. The highest BCUT2D eigenvalue weighted by Gasteiger charge is 2.35. The van der Waals surface area contributed by atoms with E-state index in [1.165, 1.54) is 44.3 Å². The van der Waals surface area contributed by atoms with Crippen LogP contribution in [0, 0.1) is 6.92 Å². The van der Waals surface area contributed by atoms with E-state index in [2.05, 4.69) is 23.2 Å². The Hall–Kier alpha value is -1.22. The lowest BCUT2D eigenvalue weighted by atomic mass is 9.98. The summed E-state index contributed by atoms with van der Waals surface area (Å²) in [7, 11) is 0. The third-order valence-corrected chi connectivity index (χ3v) is 4.49. The van der Waals surface area contributed by atoms with Crippen LogP contribution in [0.1, 0.15) is 31.2 Å². The summed E-state index contributed by atoms with van der Waals surface area (Å²) in [4.78, 5) is 2.65. The summed E-state index contributed by atoms with van der Waals surface area (Å²) in [5.41, 5.74) is 9.37. The van der Waals surface area contributed by atoms with Crippen molar-refractivity contribution < 1.29 is 0 Å². The molecule has 2 aliphatic rings. The molecule has 98 valence electrons. The number of hydrogen-bond acceptors (Lipinski definition) is 3. The van der Waals surface area contributed by atoms with Gasteiger partial charge >= 0.3 is 0 Å². The largest absolute Gasteiger partial charge is 0.397 e. The van der Waals surface area contributed by atoms with Crippen LogP contribution in [0.25, 0.3) is 0 Å². The number of nitrogens with two attached hydrogens (primary N) is 1. The molecule has 0 radical (unpaired) electrons. The molecule has 0 spiro atoms. The third-order valence-electron chi connectivity index (χ3n) is 4.49. The molecular weight excluding hydrogens is 222 g/mol. The number of anilines is 2. The number of hydrogen-bond donors (Lipinski definition) is 2. The molecule has 1 aromatic carbocycles. The van der Waals surface area contributed by atoms with Crippen LogP contribution >= 0.6 is 0 Å². The van der Waals surface area contributed by atoms with Crippen LogP contribution in [-0.4, -0.2) is 30.1 Å². The number of para-hydroxylation sites is 1. The summed E-state index contributed by atoms with van der Waals surface area (Å²) >= 11 is 0. The molecule has 3 heteroatoms. The quantitative estimate of drug-likeness (QED) is 0.787. The third kappa shape index (κ3) is 2.07. The molecule has 0 amide bonds. The van der Waals surface area contributed by atoms with Crippen LogP contribution in [0.2, 0.25) is 0 Å². The van der Waals surface area contributed by atoms with E-state index in [-0.39, 0.29) is 0 Å². The number of benzene rings is 1. The molecule has 0 bridgehead atoms. The maximum Gasteiger partial charge on any atom is 0.0606 e. The first-order valence-electron chi connectivity index (χ1n) is 7.11. The number of aryl methyl sites for hydroxylation is 1. The maximum atomic E-state index is 6.09. The molecule has 1 aromatic rings. The zero-order valence-corrected chi connectivity index (χ0v) is 11.2. The van der Waals surface area contributed by atoms with Gasteiger partial charge in [0.2, 0.25) is 0 Å². The average Bonchev–Trinajstić information content (AvgIpc) is 2.77. The van der Waals surface area contributed by atoms with Gasteiger partial charge in [-0.2, -0.15) is 0 Å². The van der Waals surface area contributed by atoms with Gasteiger partial charge < -0.3 is 11.1 Å². The summed E-state index contributed by atoms with van der Waals surface area (Å²) in [6, 6.07) is 7.44. The molecule has 18 heavy (non-hydrogen) atoms. The molecule has 2 aliphatic heterocycles. The minimum absolute atomic E-state index is 0.577. The van der Waals surface area contributed by atoms with Gasteiger partial charge in [-0.3, -0.25) is 4.90 Å². The Balaban J connectivity index is 1.76. The van der Waals surface area contributed by atoms with E-state index in [1.54, 1.807) is 0 Å². The van der Waals surface area contributed by atoms with Crippen molar-refractivity contribution in [2.24, 2.45) is 0 Å². The second-order valence-corrected chi connectivity index (χ2v) is 5.68. The Labute approximate surface area is 109 Å². The first-order valence-corrected chi connectivity index (χ1v) is 7.11. The van der Waals surface area contributed by atoms with Crippen molar-refractivity contribution in [3.05, 3.63) is 23.8 Å². The molecule has 3 N–H and O–H groups in total. The average molecular weight is 245 g/mol. The van der Waals surface area contributed by atoms with Gasteiger partial charge in [-0.05, 0) is 44.4 Å². The predicted octanol–water partition coefficient (Wildman–Crippen LogP) is 2.62. The zero-order chi connectivity index (χ0) is 12.5. The molecule has 2 unspecified atom stereocenters. The van der Waals surface area contributed by atoms with Gasteiger partial charge in [0.05, 0.1) is 11.4 Å². The van der Waals surface area contributed by atoms with Gasteiger partial charge in [0.1, 0.15) is 0 Å². The lowest BCUT2D eigenvalue weighted by molar-refractivity contribution is 0.193. The summed E-state index contributed by atoms with van der Waals surface area (Å²) in [6.07, 6.45) is 5.33. The van der Waals surface area contributed by atoms with Crippen molar-refractivity contribution in [2.75, 3.05) is 24.1 Å². The topological polar surface area (TPSA) is 41.3 Å². The van der Waals surface area contributed by atoms with E-state index in [9.17, 15) is 0 Å². The van der Waals surface area contributed by atoms with E-state index >= 15 is 0 Å². The minimum atomic E-state index is 0.577. The number of piperidine rings is 1. The molecule has 2 saturated heterocycles. The van der Waals surface area contributed by atoms with Crippen molar-refractivity contribution in [1.82, 2.24) is 4.90 Å². The summed E-state index contributed by atoms with van der Waals surface area (Å²) in [5, 5.41) is 3.71. The van der Waals surface area contributed by atoms with E-state index in [0.29, 0.717) is 6.04 Å².